The molecule has 9 nitrogen and oxygen atoms in total. The number of halogens is 4. The van der Waals surface area contributed by atoms with E-state index in [1.54, 1.807) is 0 Å². The molecular weight excluding hydrogens is 527 g/mol. The summed E-state index contributed by atoms with van der Waals surface area (Å²) in [6.07, 6.45) is -4.36. The molecule has 0 spiro atoms. The molecule has 0 bridgehead atoms. The van der Waals surface area contributed by atoms with Crippen LogP contribution in [0.25, 0.3) is 11.2 Å². The number of imidazole rings is 1. The molecule has 1 aliphatic carbocycles. The van der Waals surface area contributed by atoms with E-state index in [1.165, 1.54) is 28.3 Å². The normalized spacial score (nSPS) is 15.7. The summed E-state index contributed by atoms with van der Waals surface area (Å²) >= 11 is 6.10. The van der Waals surface area contributed by atoms with E-state index >= 15 is 0 Å². The first-order valence-corrected chi connectivity index (χ1v) is 12.0. The van der Waals surface area contributed by atoms with Gasteiger partial charge in [0, 0.05) is 31.8 Å². The minimum atomic E-state index is -4.88. The van der Waals surface area contributed by atoms with Crippen LogP contribution in [0, 0.1) is 5.92 Å². The number of allylic oxidation sites excluding steroid dienone is 2. The van der Waals surface area contributed by atoms with Gasteiger partial charge in [-0.05, 0) is 38.6 Å². The van der Waals surface area contributed by atoms with Gasteiger partial charge in [0.1, 0.15) is 11.5 Å². The van der Waals surface area contributed by atoms with Crippen LogP contribution in [0.5, 0.6) is 17.5 Å². The van der Waals surface area contributed by atoms with Crippen molar-refractivity contribution in [2.24, 2.45) is 13.0 Å². The molecule has 38 heavy (non-hydrogen) atoms. The Morgan fingerprint density at radius 2 is 1.89 bits per heavy atom. The summed E-state index contributed by atoms with van der Waals surface area (Å²) in [4.78, 5) is 32.8. The number of aryl methyl sites for hydroxylation is 1. The molecule has 0 radical (unpaired) electrons. The molecule has 0 aliphatic heterocycles. The predicted molar refractivity (Wildman–Crippen MR) is 135 cm³/mol. The lowest BCUT2D eigenvalue weighted by atomic mass is 9.96. The molecule has 13 heteroatoms. The highest BCUT2D eigenvalue weighted by molar-refractivity contribution is 6.29. The van der Waals surface area contributed by atoms with Gasteiger partial charge in [-0.1, -0.05) is 36.1 Å². The Hall–Kier alpha value is -3.69. The van der Waals surface area contributed by atoms with E-state index in [-0.39, 0.29) is 41.9 Å². The molecule has 202 valence electrons. The van der Waals surface area contributed by atoms with E-state index in [4.69, 9.17) is 16.3 Å². The molecule has 4 rings (SSSR count). The van der Waals surface area contributed by atoms with Crippen molar-refractivity contribution in [3.8, 4) is 17.5 Å². The van der Waals surface area contributed by atoms with E-state index < -0.39 is 23.4 Å². The molecule has 1 aromatic carbocycles. The number of hydrogen-bond acceptors (Lipinski definition) is 6. The Morgan fingerprint density at radius 1 is 1.18 bits per heavy atom. The van der Waals surface area contributed by atoms with Gasteiger partial charge >= 0.3 is 18.1 Å². The minimum absolute atomic E-state index is 0.00889. The molecule has 1 aliphatic rings. The second kappa shape index (κ2) is 10.6. The third kappa shape index (κ3) is 5.89. The first-order chi connectivity index (χ1) is 17.8. The minimum Gasteiger partial charge on any atom is -0.425 e. The lowest BCUT2D eigenvalue weighted by Crippen LogP contribution is -2.41. The maximum absolute atomic E-state index is 13.6. The van der Waals surface area contributed by atoms with Crippen molar-refractivity contribution in [1.82, 2.24) is 23.6 Å². The van der Waals surface area contributed by atoms with Gasteiger partial charge in [0.05, 0.1) is 11.6 Å². The van der Waals surface area contributed by atoms with E-state index in [0.29, 0.717) is 18.0 Å². The zero-order chi connectivity index (χ0) is 27.8. The third-order valence-electron chi connectivity index (χ3n) is 5.98. The molecule has 3 aromatic rings. The Bertz CT molecular complexity index is 1610. The van der Waals surface area contributed by atoms with Crippen LogP contribution in [-0.2, 0) is 20.1 Å². The van der Waals surface area contributed by atoms with Crippen molar-refractivity contribution in [3.05, 3.63) is 67.2 Å². The van der Waals surface area contributed by atoms with Gasteiger partial charge in [-0.15, -0.1) is 13.2 Å². The van der Waals surface area contributed by atoms with Crippen LogP contribution >= 0.6 is 11.6 Å². The number of benzene rings is 1. The van der Waals surface area contributed by atoms with Crippen LogP contribution in [0.1, 0.15) is 13.3 Å². The maximum Gasteiger partial charge on any atom is 0.573 e. The maximum atomic E-state index is 13.6. The Kier molecular flexibility index (Phi) is 7.62. The molecule has 2 heterocycles. The third-order valence-corrected chi connectivity index (χ3v) is 6.23. The number of likely N-dealkylation sites (N-methyl/N-ethyl adjacent to an activating group) is 1. The summed E-state index contributed by atoms with van der Waals surface area (Å²) in [5.41, 5.74) is 5.67. The Balaban J connectivity index is 1.89. The average Bonchev–Trinajstić information content (AvgIpc) is 3.16. The molecule has 2 aromatic heterocycles. The van der Waals surface area contributed by atoms with Gasteiger partial charge < -0.3 is 14.4 Å². The molecule has 0 saturated carbocycles. The highest BCUT2D eigenvalue weighted by Gasteiger charge is 2.31. The van der Waals surface area contributed by atoms with Gasteiger partial charge in [0.2, 0.25) is 0 Å². The quantitative estimate of drug-likeness (QED) is 0.394. The largest absolute Gasteiger partial charge is 0.573 e. The molecule has 1 atom stereocenters. The number of alkyl halides is 3. The first kappa shape index (κ1) is 27.3. The van der Waals surface area contributed by atoms with Crippen LogP contribution in [-0.4, -0.2) is 50.6 Å². The number of hydrogen-bond donors (Lipinski definition) is 0. The number of nitrogens with zero attached hydrogens (tertiary/aromatic N) is 5. The van der Waals surface area contributed by atoms with Gasteiger partial charge in [-0.25, -0.2) is 4.79 Å². The Morgan fingerprint density at radius 3 is 2.55 bits per heavy atom. The fraction of sp³-hybridized carbons (Fsp3) is 0.400. The zero-order valence-corrected chi connectivity index (χ0v) is 21.9. The first-order valence-electron chi connectivity index (χ1n) is 11.6. The smallest absolute Gasteiger partial charge is 0.425 e. The van der Waals surface area contributed by atoms with E-state index in [0.717, 1.165) is 22.3 Å². The summed E-state index contributed by atoms with van der Waals surface area (Å²) in [7, 11) is 5.13. The lowest BCUT2D eigenvalue weighted by Gasteiger charge is -2.18. The van der Waals surface area contributed by atoms with Crippen LogP contribution in [0.2, 0.25) is 0 Å². The second-order valence-corrected chi connectivity index (χ2v) is 9.62. The van der Waals surface area contributed by atoms with Gasteiger partial charge in [0.15, 0.2) is 11.2 Å². The van der Waals surface area contributed by atoms with Crippen LogP contribution in [0.15, 0.2) is 55.9 Å². The predicted octanol–water partition coefficient (Wildman–Crippen LogP) is 3.99. The Labute approximate surface area is 220 Å². The number of rotatable bonds is 8. The summed E-state index contributed by atoms with van der Waals surface area (Å²) in [5, 5.41) is 0.517. The zero-order valence-electron chi connectivity index (χ0n) is 21.1. The van der Waals surface area contributed by atoms with Gasteiger partial charge in [-0.2, -0.15) is 4.98 Å². The fourth-order valence-corrected chi connectivity index (χ4v) is 4.27. The topological polar surface area (TPSA) is 83.5 Å². The van der Waals surface area contributed by atoms with Crippen molar-refractivity contribution in [2.75, 3.05) is 20.6 Å². The van der Waals surface area contributed by atoms with Gasteiger partial charge in [-0.3, -0.25) is 18.5 Å². The summed E-state index contributed by atoms with van der Waals surface area (Å²) in [5.74, 6) is -0.533. The summed E-state index contributed by atoms with van der Waals surface area (Å²) in [6, 6.07) is 4.84. The fourth-order valence-electron chi connectivity index (χ4n) is 3.99. The lowest BCUT2D eigenvalue weighted by molar-refractivity contribution is -0.274. The monoisotopic (exact) mass is 551 g/mol. The van der Waals surface area contributed by atoms with E-state index in [1.807, 2.05) is 25.9 Å². The second-order valence-electron chi connectivity index (χ2n) is 9.16. The van der Waals surface area contributed by atoms with Crippen LogP contribution < -0.4 is 20.7 Å². The molecule has 0 saturated heterocycles. The molecule has 0 N–H and O–H groups in total. The van der Waals surface area contributed by atoms with Crippen molar-refractivity contribution < 1.29 is 22.6 Å². The highest BCUT2D eigenvalue weighted by Crippen LogP contribution is 2.32. The number of aromatic nitrogens is 4. The summed E-state index contributed by atoms with van der Waals surface area (Å²) < 4.78 is 51.9. The van der Waals surface area contributed by atoms with Crippen molar-refractivity contribution in [3.63, 3.8) is 0 Å². The van der Waals surface area contributed by atoms with Crippen LogP contribution in [0.3, 0.4) is 0 Å². The molecule has 0 fully saturated rings. The van der Waals surface area contributed by atoms with Crippen molar-refractivity contribution in [1.29, 1.82) is 0 Å². The molecule has 1 unspecified atom stereocenters. The molecular formula is C25H25ClF3N5O4. The van der Waals surface area contributed by atoms with Crippen LogP contribution in [0.4, 0.5) is 13.2 Å². The molecule has 0 amide bonds. The van der Waals surface area contributed by atoms with E-state index in [2.05, 4.69) is 21.2 Å². The van der Waals surface area contributed by atoms with Gasteiger partial charge in [0.25, 0.3) is 5.56 Å². The van der Waals surface area contributed by atoms with E-state index in [9.17, 15) is 22.8 Å². The SMILES string of the molecule is CC1CC(Cl)=C=C=C1Cn1c(Oc2cccc(OC(F)(F)F)c2)nc2c1c(=O)n(CCN(C)C)c(=O)n2C. The number of fused-ring (bicyclic) bond motifs is 1. The number of ether oxygens (including phenoxy) is 2. The average molecular weight is 552 g/mol. The van der Waals surface area contributed by atoms with Crippen molar-refractivity contribution in [2.45, 2.75) is 32.8 Å². The highest BCUT2D eigenvalue weighted by atomic mass is 35.5. The standard InChI is InChI=1S/C25H25ClF3N5O4/c1-15-12-17(26)9-8-16(15)14-34-20-21(32(4)24(36)33(22(20)35)11-10-31(2)3)30-23(34)37-18-6-5-7-19(13-18)38-25(27,28)29/h5-7,13,15H,10-12,14H2,1-4H3. The summed E-state index contributed by atoms with van der Waals surface area (Å²) in [6.45, 7) is 2.63. The van der Waals surface area contributed by atoms with Crippen molar-refractivity contribution >= 4 is 22.8 Å².